The lowest BCUT2D eigenvalue weighted by Crippen LogP contribution is -2.33. The zero-order chi connectivity index (χ0) is 11.1. The Hall–Kier alpha value is -0.490. The van der Waals surface area contributed by atoms with Crippen molar-refractivity contribution in [3.05, 3.63) is 16.6 Å². The van der Waals surface area contributed by atoms with Crippen LogP contribution < -0.4 is 0 Å². The molecule has 86 valence electrons. The van der Waals surface area contributed by atoms with Crippen LogP contribution in [0.2, 0.25) is 0 Å². The maximum Gasteiger partial charge on any atom is 0.183 e. The van der Waals surface area contributed by atoms with Crippen LogP contribution in [0.15, 0.2) is 11.6 Å². The molecule has 1 atom stereocenters. The second-order valence-electron chi connectivity index (χ2n) is 2.98. The van der Waals surface area contributed by atoms with Crippen molar-refractivity contribution in [3.8, 4) is 0 Å². The third-order valence-electron chi connectivity index (χ3n) is 1.84. The highest BCUT2D eigenvalue weighted by atomic mass is 32.1. The number of rotatable bonds is 7. The van der Waals surface area contributed by atoms with Gasteiger partial charge in [0.25, 0.3) is 0 Å². The Labute approximate surface area is 93.9 Å². The van der Waals surface area contributed by atoms with Crippen LogP contribution in [0.25, 0.3) is 0 Å². The lowest BCUT2D eigenvalue weighted by Gasteiger charge is -2.21. The average molecular weight is 231 g/mol. The lowest BCUT2D eigenvalue weighted by atomic mass is 10.2. The zero-order valence-corrected chi connectivity index (χ0v) is 9.87. The molecule has 1 aromatic rings. The van der Waals surface area contributed by atoms with Crippen LogP contribution >= 0.6 is 11.3 Å². The van der Waals surface area contributed by atoms with E-state index in [0.29, 0.717) is 19.6 Å². The minimum absolute atomic E-state index is 0.475. The molecule has 0 aliphatic carbocycles. The Kier molecular flexibility index (Phi) is 5.78. The molecular formula is C10H17NO3S. The molecule has 0 aliphatic rings. The van der Waals surface area contributed by atoms with Crippen molar-refractivity contribution in [2.75, 3.05) is 13.2 Å². The summed E-state index contributed by atoms with van der Waals surface area (Å²) in [5, 5.41) is 12.6. The second-order valence-corrected chi connectivity index (χ2v) is 3.96. The van der Waals surface area contributed by atoms with E-state index in [1.807, 2.05) is 19.2 Å². The standard InChI is InChI=1S/C10H17NO3S/c1-3-13-10(14-4-2)8(12)7-9-11-5-6-15-9/h5-6,8,10,12H,3-4,7H2,1-2H3. The molecule has 0 radical (unpaired) electrons. The number of aromatic nitrogens is 1. The molecule has 0 amide bonds. The minimum atomic E-state index is -0.656. The topological polar surface area (TPSA) is 51.6 Å². The quantitative estimate of drug-likeness (QED) is 0.722. The highest BCUT2D eigenvalue weighted by Gasteiger charge is 2.20. The highest BCUT2D eigenvalue weighted by Crippen LogP contribution is 2.12. The molecular weight excluding hydrogens is 214 g/mol. The van der Waals surface area contributed by atoms with E-state index < -0.39 is 12.4 Å². The van der Waals surface area contributed by atoms with Gasteiger partial charge in [-0.1, -0.05) is 0 Å². The SMILES string of the molecule is CCOC(OCC)C(O)Cc1nccs1. The molecule has 0 aliphatic heterocycles. The molecule has 1 rings (SSSR count). The Bertz CT molecular complexity index is 247. The predicted octanol–water partition coefficient (Wildman–Crippen LogP) is 1.45. The number of nitrogens with zero attached hydrogens (tertiary/aromatic N) is 1. The maximum absolute atomic E-state index is 9.86. The summed E-state index contributed by atoms with van der Waals surface area (Å²) in [7, 11) is 0. The van der Waals surface area contributed by atoms with Gasteiger partial charge in [0.2, 0.25) is 0 Å². The van der Waals surface area contributed by atoms with Crippen LogP contribution in [0.5, 0.6) is 0 Å². The van der Waals surface area contributed by atoms with E-state index in [0.717, 1.165) is 5.01 Å². The predicted molar refractivity (Wildman–Crippen MR) is 58.9 cm³/mol. The smallest absolute Gasteiger partial charge is 0.183 e. The normalized spacial score (nSPS) is 13.3. The molecule has 15 heavy (non-hydrogen) atoms. The first-order chi connectivity index (χ1) is 7.27. The Morgan fingerprint density at radius 1 is 1.40 bits per heavy atom. The van der Waals surface area contributed by atoms with Gasteiger partial charge in [0, 0.05) is 31.2 Å². The third kappa shape index (κ3) is 4.25. The molecule has 4 nitrogen and oxygen atoms in total. The molecule has 1 N–H and O–H groups in total. The van der Waals surface area contributed by atoms with E-state index in [-0.39, 0.29) is 0 Å². The van der Waals surface area contributed by atoms with Gasteiger partial charge in [-0.2, -0.15) is 0 Å². The summed E-state index contributed by atoms with van der Waals surface area (Å²) >= 11 is 1.52. The van der Waals surface area contributed by atoms with E-state index in [4.69, 9.17) is 9.47 Å². The Morgan fingerprint density at radius 2 is 2.07 bits per heavy atom. The van der Waals surface area contributed by atoms with Gasteiger partial charge in [-0.15, -0.1) is 11.3 Å². The van der Waals surface area contributed by atoms with Gasteiger partial charge in [-0.05, 0) is 13.8 Å². The first-order valence-electron chi connectivity index (χ1n) is 5.07. The van der Waals surface area contributed by atoms with Crippen LogP contribution in [-0.2, 0) is 15.9 Å². The van der Waals surface area contributed by atoms with Crippen LogP contribution in [0.3, 0.4) is 0 Å². The number of ether oxygens (including phenoxy) is 2. The van der Waals surface area contributed by atoms with Gasteiger partial charge >= 0.3 is 0 Å². The number of hydrogen-bond acceptors (Lipinski definition) is 5. The summed E-state index contributed by atoms with van der Waals surface area (Å²) in [4.78, 5) is 4.11. The molecule has 0 spiro atoms. The molecule has 5 heteroatoms. The fourth-order valence-corrected chi connectivity index (χ4v) is 1.90. The minimum Gasteiger partial charge on any atom is -0.387 e. The molecule has 0 aromatic carbocycles. The molecule has 1 heterocycles. The first kappa shape index (κ1) is 12.6. The zero-order valence-electron chi connectivity index (χ0n) is 9.05. The van der Waals surface area contributed by atoms with Crippen molar-refractivity contribution >= 4 is 11.3 Å². The van der Waals surface area contributed by atoms with Crippen molar-refractivity contribution in [2.45, 2.75) is 32.7 Å². The number of aliphatic hydroxyl groups excluding tert-OH is 1. The van der Waals surface area contributed by atoms with Gasteiger partial charge in [0.15, 0.2) is 6.29 Å². The molecule has 1 aromatic heterocycles. The van der Waals surface area contributed by atoms with Crippen LogP contribution in [-0.4, -0.2) is 35.7 Å². The molecule has 0 fully saturated rings. The number of thiazole rings is 1. The molecule has 0 saturated carbocycles. The van der Waals surface area contributed by atoms with Gasteiger partial charge in [-0.25, -0.2) is 4.98 Å². The molecule has 0 saturated heterocycles. The van der Waals surface area contributed by atoms with Crippen molar-refractivity contribution in [1.29, 1.82) is 0 Å². The van der Waals surface area contributed by atoms with Gasteiger partial charge in [0.1, 0.15) is 6.10 Å². The van der Waals surface area contributed by atoms with Crippen LogP contribution in [0.4, 0.5) is 0 Å². The summed E-state index contributed by atoms with van der Waals surface area (Å²) in [5.74, 6) is 0. The second kappa shape index (κ2) is 6.90. The van der Waals surface area contributed by atoms with Crippen LogP contribution in [0, 0.1) is 0 Å². The number of aliphatic hydroxyl groups is 1. The fraction of sp³-hybridized carbons (Fsp3) is 0.700. The van der Waals surface area contributed by atoms with E-state index in [2.05, 4.69) is 4.98 Å². The van der Waals surface area contributed by atoms with Crippen molar-refractivity contribution in [1.82, 2.24) is 4.98 Å². The summed E-state index contributed by atoms with van der Waals surface area (Å²) in [6.07, 6.45) is 0.991. The first-order valence-corrected chi connectivity index (χ1v) is 5.95. The van der Waals surface area contributed by atoms with Gasteiger partial charge < -0.3 is 14.6 Å². The monoisotopic (exact) mass is 231 g/mol. The Morgan fingerprint density at radius 3 is 2.53 bits per heavy atom. The van der Waals surface area contributed by atoms with Crippen molar-refractivity contribution in [3.63, 3.8) is 0 Å². The third-order valence-corrected chi connectivity index (χ3v) is 2.65. The summed E-state index contributed by atoms with van der Waals surface area (Å²) in [6, 6.07) is 0. The average Bonchev–Trinajstić information content (AvgIpc) is 2.70. The van der Waals surface area contributed by atoms with Gasteiger partial charge in [-0.3, -0.25) is 0 Å². The molecule has 1 unspecified atom stereocenters. The van der Waals surface area contributed by atoms with E-state index in [1.54, 1.807) is 6.20 Å². The Balaban J connectivity index is 2.44. The summed E-state index contributed by atoms with van der Waals surface area (Å²) in [5.41, 5.74) is 0. The fourth-order valence-electron chi connectivity index (χ4n) is 1.23. The van der Waals surface area contributed by atoms with E-state index >= 15 is 0 Å². The van der Waals surface area contributed by atoms with E-state index in [1.165, 1.54) is 11.3 Å². The van der Waals surface area contributed by atoms with Crippen molar-refractivity contribution < 1.29 is 14.6 Å². The summed E-state index contributed by atoms with van der Waals surface area (Å²) < 4.78 is 10.6. The van der Waals surface area contributed by atoms with Crippen LogP contribution in [0.1, 0.15) is 18.9 Å². The number of hydrogen-bond donors (Lipinski definition) is 1. The lowest BCUT2D eigenvalue weighted by molar-refractivity contribution is -0.188. The largest absolute Gasteiger partial charge is 0.387 e. The van der Waals surface area contributed by atoms with E-state index in [9.17, 15) is 5.11 Å². The maximum atomic E-state index is 9.86. The highest BCUT2D eigenvalue weighted by molar-refractivity contribution is 7.09. The molecule has 0 bridgehead atoms. The van der Waals surface area contributed by atoms with Crippen molar-refractivity contribution in [2.24, 2.45) is 0 Å². The summed E-state index contributed by atoms with van der Waals surface area (Å²) in [6.45, 7) is 4.81. The van der Waals surface area contributed by atoms with Gasteiger partial charge in [0.05, 0.1) is 5.01 Å².